The first-order chi connectivity index (χ1) is 6.27. The number of rotatable bonds is 3. The Kier molecular flexibility index (Phi) is 3.28. The molecule has 0 atom stereocenters. The number of nitrogens with zero attached hydrogens (tertiary/aromatic N) is 1. The van der Waals surface area contributed by atoms with Crippen molar-refractivity contribution in [3.05, 3.63) is 29.8 Å². The van der Waals surface area contributed by atoms with Crippen LogP contribution in [0.15, 0.2) is 29.4 Å². The molecule has 0 spiro atoms. The van der Waals surface area contributed by atoms with Crippen molar-refractivity contribution in [3.63, 3.8) is 0 Å². The van der Waals surface area contributed by atoms with Crippen LogP contribution in [-0.4, -0.2) is 20.0 Å². The van der Waals surface area contributed by atoms with Crippen LogP contribution >= 0.6 is 0 Å². The monoisotopic (exact) mass is 180 g/mol. The molecule has 1 aromatic rings. The summed E-state index contributed by atoms with van der Waals surface area (Å²) in [6, 6.07) is 7.46. The summed E-state index contributed by atoms with van der Waals surface area (Å²) < 4.78 is 5.02. The highest BCUT2D eigenvalue weighted by Gasteiger charge is 1.99. The largest absolute Gasteiger partial charge is 0.497 e. The van der Waals surface area contributed by atoms with Crippen LogP contribution in [0.5, 0.6) is 5.75 Å². The van der Waals surface area contributed by atoms with Crippen LogP contribution in [0.25, 0.3) is 0 Å². The molecule has 1 aromatic carbocycles. The smallest absolute Gasteiger partial charge is 0.186 e. The molecule has 13 heavy (non-hydrogen) atoms. The second-order valence-electron chi connectivity index (χ2n) is 2.50. The Bertz CT molecular complexity index is 292. The van der Waals surface area contributed by atoms with E-state index in [0.29, 0.717) is 5.84 Å². The minimum absolute atomic E-state index is 0.519. The van der Waals surface area contributed by atoms with Gasteiger partial charge in [-0.25, -0.2) is 5.43 Å². The van der Waals surface area contributed by atoms with E-state index in [1.54, 1.807) is 12.5 Å². The summed E-state index contributed by atoms with van der Waals surface area (Å²) in [5.41, 5.74) is 8.24. The lowest BCUT2D eigenvalue weighted by atomic mass is 10.2. The van der Waals surface area contributed by atoms with Crippen molar-refractivity contribution < 1.29 is 10.2 Å². The number of ether oxygens (including phenoxy) is 1. The standard InChI is InChI=1S/C9H13N3O/c1-11-12-9(10)7-3-5-8(13-2)6-4-7/h3-6,11H,1-2H3,(H2,10,12)/p+1. The molecule has 0 unspecified atom stereocenters. The molecule has 4 N–H and O–H groups in total. The lowest BCUT2D eigenvalue weighted by Crippen LogP contribution is -2.73. The third-order valence-corrected chi connectivity index (χ3v) is 1.65. The minimum atomic E-state index is 0.519. The van der Waals surface area contributed by atoms with Crippen molar-refractivity contribution in [1.82, 2.24) is 0 Å². The highest BCUT2D eigenvalue weighted by Crippen LogP contribution is 2.10. The molecule has 0 amide bonds. The predicted molar refractivity (Wildman–Crippen MR) is 51.6 cm³/mol. The fourth-order valence-electron chi connectivity index (χ4n) is 0.975. The number of quaternary nitrogens is 1. The maximum absolute atomic E-state index is 5.67. The highest BCUT2D eigenvalue weighted by molar-refractivity contribution is 5.96. The van der Waals surface area contributed by atoms with E-state index in [-0.39, 0.29) is 0 Å². The van der Waals surface area contributed by atoms with Crippen LogP contribution in [-0.2, 0) is 0 Å². The van der Waals surface area contributed by atoms with Crippen LogP contribution < -0.4 is 15.9 Å². The quantitative estimate of drug-likeness (QED) is 0.285. The van der Waals surface area contributed by atoms with Crippen molar-refractivity contribution >= 4 is 5.84 Å². The lowest BCUT2D eigenvalue weighted by molar-refractivity contribution is -0.633. The number of nitrogens with two attached hydrogens (primary N) is 2. The van der Waals surface area contributed by atoms with Gasteiger partial charge in [0.2, 0.25) is 0 Å². The second kappa shape index (κ2) is 4.47. The van der Waals surface area contributed by atoms with Crippen LogP contribution in [0, 0.1) is 0 Å². The topological polar surface area (TPSA) is 64.2 Å². The van der Waals surface area contributed by atoms with Crippen molar-refractivity contribution in [2.45, 2.75) is 0 Å². The molecule has 0 aliphatic rings. The Morgan fingerprint density at radius 1 is 1.38 bits per heavy atom. The number of amidine groups is 1. The fraction of sp³-hybridized carbons (Fsp3) is 0.222. The SMILES string of the molecule is C[NH2+]/N=C(\N)c1ccc(OC)cc1. The summed E-state index contributed by atoms with van der Waals surface area (Å²) in [7, 11) is 3.46. The Morgan fingerprint density at radius 3 is 2.46 bits per heavy atom. The zero-order chi connectivity index (χ0) is 9.68. The Morgan fingerprint density at radius 2 is 2.00 bits per heavy atom. The third-order valence-electron chi connectivity index (χ3n) is 1.65. The molecule has 0 radical (unpaired) electrons. The Balaban J connectivity index is 2.85. The van der Waals surface area contributed by atoms with Gasteiger partial charge >= 0.3 is 0 Å². The summed E-state index contributed by atoms with van der Waals surface area (Å²) in [5.74, 6) is 1.34. The molecule has 1 rings (SSSR count). The van der Waals surface area contributed by atoms with Gasteiger partial charge in [-0.15, -0.1) is 0 Å². The molecule has 0 aromatic heterocycles. The molecule has 70 valence electrons. The number of benzene rings is 1. The van der Waals surface area contributed by atoms with Crippen molar-refractivity contribution in [2.75, 3.05) is 14.2 Å². The first-order valence-corrected chi connectivity index (χ1v) is 4.03. The van der Waals surface area contributed by atoms with Crippen LogP contribution in [0.4, 0.5) is 0 Å². The number of hydrogen-bond donors (Lipinski definition) is 2. The van der Waals surface area contributed by atoms with E-state index >= 15 is 0 Å². The van der Waals surface area contributed by atoms with Crippen LogP contribution in [0.1, 0.15) is 5.56 Å². The van der Waals surface area contributed by atoms with Gasteiger partial charge in [-0.3, -0.25) is 0 Å². The van der Waals surface area contributed by atoms with Gasteiger partial charge < -0.3 is 10.5 Å². The van der Waals surface area contributed by atoms with Gasteiger partial charge in [-0.05, 0) is 24.3 Å². The van der Waals surface area contributed by atoms with Gasteiger partial charge in [-0.1, -0.05) is 5.10 Å². The van der Waals surface area contributed by atoms with Crippen molar-refractivity contribution in [2.24, 2.45) is 10.8 Å². The molecular weight excluding hydrogens is 166 g/mol. The second-order valence-corrected chi connectivity index (χ2v) is 2.50. The molecular formula is C9H14N3O+. The van der Waals surface area contributed by atoms with E-state index in [1.165, 1.54) is 0 Å². The van der Waals surface area contributed by atoms with E-state index in [9.17, 15) is 0 Å². The van der Waals surface area contributed by atoms with E-state index in [2.05, 4.69) is 5.10 Å². The van der Waals surface area contributed by atoms with Gasteiger partial charge in [-0.2, -0.15) is 0 Å². The van der Waals surface area contributed by atoms with Gasteiger partial charge in [0, 0.05) is 5.56 Å². The molecule has 0 bridgehead atoms. The van der Waals surface area contributed by atoms with E-state index in [1.807, 2.05) is 31.3 Å². The zero-order valence-corrected chi connectivity index (χ0v) is 7.82. The third kappa shape index (κ3) is 2.45. The maximum Gasteiger partial charge on any atom is 0.186 e. The van der Waals surface area contributed by atoms with E-state index < -0.39 is 0 Å². The van der Waals surface area contributed by atoms with Crippen LogP contribution in [0.3, 0.4) is 0 Å². The van der Waals surface area contributed by atoms with Crippen molar-refractivity contribution in [3.8, 4) is 5.75 Å². The molecule has 4 heteroatoms. The zero-order valence-electron chi connectivity index (χ0n) is 7.82. The first kappa shape index (κ1) is 9.54. The summed E-state index contributed by atoms with van der Waals surface area (Å²) in [6.45, 7) is 0. The molecule has 0 heterocycles. The Labute approximate surface area is 77.4 Å². The molecule has 4 nitrogen and oxygen atoms in total. The number of hydrogen-bond acceptors (Lipinski definition) is 2. The van der Waals surface area contributed by atoms with Gasteiger partial charge in [0.1, 0.15) is 5.75 Å². The normalized spacial score (nSPS) is 11.4. The highest BCUT2D eigenvalue weighted by atomic mass is 16.5. The lowest BCUT2D eigenvalue weighted by Gasteiger charge is -2.00. The van der Waals surface area contributed by atoms with E-state index in [0.717, 1.165) is 11.3 Å². The average molecular weight is 180 g/mol. The van der Waals surface area contributed by atoms with Gasteiger partial charge in [0.05, 0.1) is 14.2 Å². The fourth-order valence-corrected chi connectivity index (χ4v) is 0.975. The average Bonchev–Trinajstić information content (AvgIpc) is 2.18. The summed E-state index contributed by atoms with van der Waals surface area (Å²) in [5, 5.41) is 3.98. The maximum atomic E-state index is 5.67. The summed E-state index contributed by atoms with van der Waals surface area (Å²) in [6.07, 6.45) is 0. The van der Waals surface area contributed by atoms with Crippen molar-refractivity contribution in [1.29, 1.82) is 0 Å². The predicted octanol–water partition coefficient (Wildman–Crippen LogP) is -0.491. The number of methoxy groups -OCH3 is 1. The summed E-state index contributed by atoms with van der Waals surface area (Å²) >= 11 is 0. The molecule has 0 fully saturated rings. The van der Waals surface area contributed by atoms with E-state index in [4.69, 9.17) is 10.5 Å². The molecule has 0 saturated heterocycles. The van der Waals surface area contributed by atoms with Gasteiger partial charge in [0.25, 0.3) is 0 Å². The first-order valence-electron chi connectivity index (χ1n) is 4.03. The minimum Gasteiger partial charge on any atom is -0.497 e. The molecule has 0 aliphatic carbocycles. The molecule has 0 aliphatic heterocycles. The molecule has 0 saturated carbocycles. The van der Waals surface area contributed by atoms with Crippen LogP contribution in [0.2, 0.25) is 0 Å². The Hall–Kier alpha value is -1.55. The van der Waals surface area contributed by atoms with Gasteiger partial charge in [0.15, 0.2) is 5.84 Å². The summed E-state index contributed by atoms with van der Waals surface area (Å²) in [4.78, 5) is 0.